The zero-order valence-corrected chi connectivity index (χ0v) is 14.1. The minimum Gasteiger partial charge on any atom is -0.420 e. The zero-order chi connectivity index (χ0) is 18.4. The van der Waals surface area contributed by atoms with Gasteiger partial charge in [-0.15, -0.1) is 0 Å². The molecule has 0 atom stereocenters. The summed E-state index contributed by atoms with van der Waals surface area (Å²) in [6, 6.07) is 9.15. The number of halogens is 3. The molecule has 2 aromatic rings. The summed E-state index contributed by atoms with van der Waals surface area (Å²) in [7, 11) is 0. The minimum atomic E-state index is -1.17. The first-order chi connectivity index (χ1) is 11.9. The van der Waals surface area contributed by atoms with Gasteiger partial charge in [0, 0.05) is 0 Å². The van der Waals surface area contributed by atoms with Gasteiger partial charge in [-0.3, -0.25) is 0 Å². The van der Waals surface area contributed by atoms with Gasteiger partial charge in [-0.25, -0.2) is 13.6 Å². The van der Waals surface area contributed by atoms with E-state index in [4.69, 9.17) is 4.74 Å². The fourth-order valence-corrected chi connectivity index (χ4v) is 2.33. The van der Waals surface area contributed by atoms with Gasteiger partial charge in [0.25, 0.3) is 0 Å². The Morgan fingerprint density at radius 3 is 2.36 bits per heavy atom. The number of benzene rings is 2. The van der Waals surface area contributed by atoms with E-state index in [-0.39, 0.29) is 17.0 Å². The maximum atomic E-state index is 13.9. The molecule has 2 aromatic carbocycles. The van der Waals surface area contributed by atoms with Crippen molar-refractivity contribution in [2.24, 2.45) is 0 Å². The molecule has 0 aliphatic heterocycles. The molecular weight excluding hydrogens is 329 g/mol. The number of ether oxygens (including phenoxy) is 1. The lowest BCUT2D eigenvalue weighted by atomic mass is 10.1. The molecule has 0 aliphatic carbocycles. The van der Waals surface area contributed by atoms with Gasteiger partial charge in [0.15, 0.2) is 11.6 Å². The topological polar surface area (TPSA) is 26.3 Å². The van der Waals surface area contributed by atoms with Crippen LogP contribution in [0.2, 0.25) is 0 Å². The van der Waals surface area contributed by atoms with Crippen LogP contribution in [0, 0.1) is 11.6 Å². The third-order valence-electron chi connectivity index (χ3n) is 3.76. The molecule has 0 heterocycles. The Kier molecular flexibility index (Phi) is 6.39. The number of allylic oxidation sites excluding steroid dienone is 2. The van der Waals surface area contributed by atoms with E-state index in [1.807, 2.05) is 0 Å². The van der Waals surface area contributed by atoms with Crippen LogP contribution in [0.15, 0.2) is 48.3 Å². The van der Waals surface area contributed by atoms with Crippen molar-refractivity contribution in [3.05, 3.63) is 76.6 Å². The quantitative estimate of drug-likeness (QED) is 0.505. The number of hydrogen-bond acceptors (Lipinski definition) is 2. The predicted molar refractivity (Wildman–Crippen MR) is 90.3 cm³/mol. The van der Waals surface area contributed by atoms with Crippen LogP contribution in [0.25, 0.3) is 0 Å². The van der Waals surface area contributed by atoms with Crippen molar-refractivity contribution in [2.45, 2.75) is 33.1 Å². The van der Waals surface area contributed by atoms with E-state index in [2.05, 4.69) is 0 Å². The van der Waals surface area contributed by atoms with E-state index in [0.29, 0.717) is 19.3 Å². The number of carbonyl (C=O) groups excluding carboxylic acids is 1. The number of esters is 1. The van der Waals surface area contributed by atoms with Gasteiger partial charge in [0.05, 0.1) is 11.4 Å². The lowest BCUT2D eigenvalue weighted by Crippen LogP contribution is -2.10. The molecule has 0 unspecified atom stereocenters. The van der Waals surface area contributed by atoms with Crippen LogP contribution in [-0.2, 0) is 12.8 Å². The second kappa shape index (κ2) is 8.51. The van der Waals surface area contributed by atoms with E-state index in [1.165, 1.54) is 25.1 Å². The number of carbonyl (C=O) groups is 1. The van der Waals surface area contributed by atoms with Crippen LogP contribution in [0.5, 0.6) is 5.75 Å². The van der Waals surface area contributed by atoms with E-state index in [1.54, 1.807) is 31.2 Å². The first-order valence-corrected chi connectivity index (χ1v) is 8.02. The first-order valence-electron chi connectivity index (χ1n) is 8.02. The SMILES string of the molecule is CCc1ccc(OC(=O)c2ccc(CC/C=C(/C)F)cc2)c(F)c1F. The summed E-state index contributed by atoms with van der Waals surface area (Å²) in [5.41, 5.74) is 1.37. The molecule has 0 radical (unpaired) electrons. The van der Waals surface area contributed by atoms with E-state index >= 15 is 0 Å². The van der Waals surface area contributed by atoms with Gasteiger partial charge in [-0.1, -0.05) is 31.2 Å². The zero-order valence-electron chi connectivity index (χ0n) is 14.1. The lowest BCUT2D eigenvalue weighted by Gasteiger charge is -2.08. The van der Waals surface area contributed by atoms with Crippen LogP contribution in [0.3, 0.4) is 0 Å². The molecule has 0 fully saturated rings. The molecule has 2 rings (SSSR count). The van der Waals surface area contributed by atoms with Crippen molar-refractivity contribution >= 4 is 5.97 Å². The minimum absolute atomic E-state index is 0.221. The van der Waals surface area contributed by atoms with Crippen LogP contribution in [-0.4, -0.2) is 5.97 Å². The van der Waals surface area contributed by atoms with Crippen LogP contribution in [0.1, 0.15) is 41.8 Å². The van der Waals surface area contributed by atoms with Crippen molar-refractivity contribution < 1.29 is 22.7 Å². The molecule has 2 nitrogen and oxygen atoms in total. The Morgan fingerprint density at radius 1 is 1.08 bits per heavy atom. The summed E-state index contributed by atoms with van der Waals surface area (Å²) in [4.78, 5) is 12.1. The maximum Gasteiger partial charge on any atom is 0.343 e. The molecule has 25 heavy (non-hydrogen) atoms. The van der Waals surface area contributed by atoms with Gasteiger partial charge >= 0.3 is 5.97 Å². The first kappa shape index (κ1) is 18.8. The largest absolute Gasteiger partial charge is 0.420 e. The van der Waals surface area contributed by atoms with Crippen molar-refractivity contribution in [2.75, 3.05) is 0 Å². The Balaban J connectivity index is 2.06. The van der Waals surface area contributed by atoms with E-state index in [0.717, 1.165) is 5.56 Å². The summed E-state index contributed by atoms with van der Waals surface area (Å²) >= 11 is 0. The van der Waals surface area contributed by atoms with Gasteiger partial charge in [-0.2, -0.15) is 4.39 Å². The summed E-state index contributed by atoms with van der Waals surface area (Å²) < 4.78 is 45.2. The highest BCUT2D eigenvalue weighted by Gasteiger charge is 2.17. The van der Waals surface area contributed by atoms with E-state index < -0.39 is 23.4 Å². The fraction of sp³-hybridized carbons (Fsp3) is 0.250. The van der Waals surface area contributed by atoms with Crippen molar-refractivity contribution in [3.8, 4) is 5.75 Å². The molecule has 0 N–H and O–H groups in total. The molecule has 0 aliphatic rings. The third-order valence-corrected chi connectivity index (χ3v) is 3.76. The van der Waals surface area contributed by atoms with Crippen molar-refractivity contribution in [1.82, 2.24) is 0 Å². The molecule has 0 aromatic heterocycles. The summed E-state index contributed by atoms with van der Waals surface area (Å²) in [6.07, 6.45) is 3.02. The molecule has 5 heteroatoms. The number of aryl methyl sites for hydroxylation is 2. The smallest absolute Gasteiger partial charge is 0.343 e. The Hall–Kier alpha value is -2.56. The van der Waals surface area contributed by atoms with Gasteiger partial charge < -0.3 is 4.74 Å². The Bertz CT molecular complexity index is 776. The van der Waals surface area contributed by atoms with Crippen LogP contribution < -0.4 is 4.74 Å². The summed E-state index contributed by atoms with van der Waals surface area (Å²) in [5, 5.41) is 0. The highest BCUT2D eigenvalue weighted by atomic mass is 19.2. The van der Waals surface area contributed by atoms with Crippen molar-refractivity contribution in [3.63, 3.8) is 0 Å². The number of rotatable bonds is 6. The van der Waals surface area contributed by atoms with E-state index in [9.17, 15) is 18.0 Å². The van der Waals surface area contributed by atoms with Gasteiger partial charge in [-0.05, 0) is 55.5 Å². The molecule has 0 spiro atoms. The maximum absolute atomic E-state index is 13.9. The Morgan fingerprint density at radius 2 is 1.76 bits per heavy atom. The normalized spacial score (nSPS) is 11.5. The lowest BCUT2D eigenvalue weighted by molar-refractivity contribution is 0.0726. The predicted octanol–water partition coefficient (Wildman–Crippen LogP) is 5.55. The molecule has 0 saturated heterocycles. The Labute approximate surface area is 144 Å². The highest BCUT2D eigenvalue weighted by molar-refractivity contribution is 5.91. The number of hydrogen-bond donors (Lipinski definition) is 0. The fourth-order valence-electron chi connectivity index (χ4n) is 2.33. The van der Waals surface area contributed by atoms with Gasteiger partial charge in [0.2, 0.25) is 5.82 Å². The summed E-state index contributed by atoms with van der Waals surface area (Å²) in [6.45, 7) is 3.09. The standard InChI is InChI=1S/C20H19F3O2/c1-3-15-11-12-17(19(23)18(15)22)25-20(24)16-9-7-14(8-10-16)6-4-5-13(2)21/h5,7-12H,3-4,6H2,1-2H3/b13-5-. The molecule has 0 bridgehead atoms. The van der Waals surface area contributed by atoms with Crippen molar-refractivity contribution in [1.29, 1.82) is 0 Å². The highest BCUT2D eigenvalue weighted by Crippen LogP contribution is 2.24. The average molecular weight is 348 g/mol. The second-order valence-corrected chi connectivity index (χ2v) is 5.62. The molecule has 0 amide bonds. The van der Waals surface area contributed by atoms with Crippen LogP contribution >= 0.6 is 0 Å². The monoisotopic (exact) mass is 348 g/mol. The van der Waals surface area contributed by atoms with Crippen LogP contribution in [0.4, 0.5) is 13.2 Å². The molecular formula is C20H19F3O2. The average Bonchev–Trinajstić information content (AvgIpc) is 2.59. The third kappa shape index (κ3) is 4.95. The molecule has 0 saturated carbocycles. The summed E-state index contributed by atoms with van der Waals surface area (Å²) in [5.74, 6) is -3.61. The molecule has 132 valence electrons. The second-order valence-electron chi connectivity index (χ2n) is 5.62. The van der Waals surface area contributed by atoms with Gasteiger partial charge in [0.1, 0.15) is 0 Å².